The zero-order chi connectivity index (χ0) is 23.3. The number of esters is 2. The summed E-state index contributed by atoms with van der Waals surface area (Å²) in [6.07, 6.45) is -0.728. The number of carbonyl (C=O) groups is 4. The predicted molar refractivity (Wildman–Crippen MR) is 114 cm³/mol. The van der Waals surface area contributed by atoms with E-state index in [0.717, 1.165) is 0 Å². The third-order valence-corrected chi connectivity index (χ3v) is 3.85. The average molecular weight is 445 g/mol. The molecule has 0 radical (unpaired) electrons. The Morgan fingerprint density at radius 2 is 1.19 bits per heavy atom. The third kappa shape index (κ3) is 7.95. The molecule has 0 aromatic heterocycles. The first kappa shape index (κ1) is 24.2. The van der Waals surface area contributed by atoms with Crippen molar-refractivity contribution in [3.63, 3.8) is 0 Å². The van der Waals surface area contributed by atoms with Gasteiger partial charge < -0.3 is 30.0 Å². The second-order valence-corrected chi connectivity index (χ2v) is 6.12. The zero-order valence-electron chi connectivity index (χ0n) is 17.3. The minimum Gasteiger partial charge on any atom is -0.458 e. The molecule has 32 heavy (non-hydrogen) atoms. The van der Waals surface area contributed by atoms with Gasteiger partial charge in [0.2, 0.25) is 0 Å². The number of hydrogen-bond acceptors (Lipinski definition) is 8. The van der Waals surface area contributed by atoms with Gasteiger partial charge in [0.15, 0.2) is 0 Å². The molecular weight excluding hydrogens is 422 g/mol. The topological polar surface area (TPSA) is 152 Å². The highest BCUT2D eigenvalue weighted by molar-refractivity contribution is 5.92. The fourth-order valence-electron chi connectivity index (χ4n) is 2.30. The molecule has 0 spiro atoms. The van der Waals surface area contributed by atoms with Crippen LogP contribution in [-0.2, 0) is 14.2 Å². The third-order valence-electron chi connectivity index (χ3n) is 3.85. The van der Waals surface area contributed by atoms with Crippen LogP contribution in [0.1, 0.15) is 20.7 Å². The van der Waals surface area contributed by atoms with E-state index in [1.54, 1.807) is 12.1 Å². The van der Waals surface area contributed by atoms with Crippen LogP contribution in [0.25, 0.3) is 0 Å². The van der Waals surface area contributed by atoms with E-state index in [2.05, 4.69) is 20.7 Å². The van der Waals surface area contributed by atoms with E-state index in [-0.39, 0.29) is 43.6 Å². The SMILES string of the molecule is CNC(=O)Nc1ccc(C(=O)OCCOC(=O)c2ccc(NC(=O)OCCO)cc2)cc1. The van der Waals surface area contributed by atoms with Gasteiger partial charge in [0.1, 0.15) is 19.8 Å². The average Bonchev–Trinajstić information content (AvgIpc) is 2.81. The minimum absolute atomic E-state index is 0.124. The van der Waals surface area contributed by atoms with E-state index in [4.69, 9.17) is 14.6 Å². The number of benzene rings is 2. The van der Waals surface area contributed by atoms with Gasteiger partial charge in [-0.25, -0.2) is 19.2 Å². The summed E-state index contributed by atoms with van der Waals surface area (Å²) in [5, 5.41) is 16.0. The first-order valence-corrected chi connectivity index (χ1v) is 9.50. The van der Waals surface area contributed by atoms with Crippen molar-refractivity contribution < 1.29 is 38.5 Å². The predicted octanol–water partition coefficient (Wildman–Crippen LogP) is 1.99. The zero-order valence-corrected chi connectivity index (χ0v) is 17.3. The first-order valence-electron chi connectivity index (χ1n) is 9.50. The Labute approximate surface area is 183 Å². The van der Waals surface area contributed by atoms with Crippen LogP contribution in [0.5, 0.6) is 0 Å². The van der Waals surface area contributed by atoms with Crippen molar-refractivity contribution in [2.75, 3.05) is 44.1 Å². The van der Waals surface area contributed by atoms with Gasteiger partial charge >= 0.3 is 24.1 Å². The maximum atomic E-state index is 12.0. The molecule has 0 aliphatic carbocycles. The highest BCUT2D eigenvalue weighted by atomic mass is 16.6. The first-order chi connectivity index (χ1) is 15.4. The Bertz CT molecular complexity index is 929. The number of urea groups is 1. The van der Waals surface area contributed by atoms with E-state index in [1.807, 2.05) is 0 Å². The van der Waals surface area contributed by atoms with Crippen LogP contribution in [0.4, 0.5) is 21.0 Å². The summed E-state index contributed by atoms with van der Waals surface area (Å²) in [4.78, 5) is 46.7. The Hall–Kier alpha value is -4.12. The molecule has 11 heteroatoms. The quantitative estimate of drug-likeness (QED) is 0.260. The van der Waals surface area contributed by atoms with E-state index < -0.39 is 18.0 Å². The number of ether oxygens (including phenoxy) is 3. The lowest BCUT2D eigenvalue weighted by Gasteiger charge is -2.09. The van der Waals surface area contributed by atoms with Gasteiger partial charge in [-0.3, -0.25) is 5.32 Å². The summed E-state index contributed by atoms with van der Waals surface area (Å²) in [7, 11) is 1.49. The van der Waals surface area contributed by atoms with Crippen molar-refractivity contribution in [2.45, 2.75) is 0 Å². The van der Waals surface area contributed by atoms with Gasteiger partial charge in [0.05, 0.1) is 17.7 Å². The van der Waals surface area contributed by atoms with Gasteiger partial charge in [0, 0.05) is 18.4 Å². The summed E-state index contributed by atoms with van der Waals surface area (Å²) < 4.78 is 14.8. The lowest BCUT2D eigenvalue weighted by molar-refractivity contribution is 0.0265. The van der Waals surface area contributed by atoms with Crippen molar-refractivity contribution in [2.24, 2.45) is 0 Å². The molecule has 0 fully saturated rings. The highest BCUT2D eigenvalue weighted by Gasteiger charge is 2.11. The van der Waals surface area contributed by atoms with Crippen molar-refractivity contribution in [1.29, 1.82) is 0 Å². The van der Waals surface area contributed by atoms with Gasteiger partial charge in [-0.2, -0.15) is 0 Å². The number of carbonyl (C=O) groups excluding carboxylic acids is 4. The Balaban J connectivity index is 1.73. The van der Waals surface area contributed by atoms with E-state index in [1.165, 1.54) is 43.4 Å². The highest BCUT2D eigenvalue weighted by Crippen LogP contribution is 2.12. The van der Waals surface area contributed by atoms with Crippen molar-refractivity contribution in [3.05, 3.63) is 59.7 Å². The molecule has 0 aliphatic rings. The van der Waals surface area contributed by atoms with Crippen LogP contribution in [-0.4, -0.2) is 62.6 Å². The number of hydrogen-bond donors (Lipinski definition) is 4. The fraction of sp³-hybridized carbons (Fsp3) is 0.238. The van der Waals surface area contributed by atoms with Crippen LogP contribution in [0, 0.1) is 0 Å². The van der Waals surface area contributed by atoms with Crippen LogP contribution >= 0.6 is 0 Å². The molecule has 2 rings (SSSR count). The van der Waals surface area contributed by atoms with Crippen LogP contribution in [0.2, 0.25) is 0 Å². The van der Waals surface area contributed by atoms with Crippen LogP contribution < -0.4 is 16.0 Å². The summed E-state index contributed by atoms with van der Waals surface area (Å²) in [5.74, 6) is -1.23. The van der Waals surface area contributed by atoms with Gasteiger partial charge in [-0.05, 0) is 48.5 Å². The van der Waals surface area contributed by atoms with Crippen molar-refractivity contribution in [1.82, 2.24) is 5.32 Å². The van der Waals surface area contributed by atoms with Gasteiger partial charge in [-0.1, -0.05) is 0 Å². The number of nitrogens with one attached hydrogen (secondary N) is 3. The lowest BCUT2D eigenvalue weighted by Crippen LogP contribution is -2.24. The molecule has 0 bridgehead atoms. The molecule has 11 nitrogen and oxygen atoms in total. The molecule has 4 N–H and O–H groups in total. The molecular formula is C21H23N3O8. The lowest BCUT2D eigenvalue weighted by atomic mass is 10.2. The number of amides is 3. The summed E-state index contributed by atoms with van der Waals surface area (Å²) >= 11 is 0. The maximum absolute atomic E-state index is 12.0. The number of rotatable bonds is 9. The Morgan fingerprint density at radius 3 is 1.62 bits per heavy atom. The molecule has 0 heterocycles. The van der Waals surface area contributed by atoms with Crippen molar-refractivity contribution >= 4 is 35.4 Å². The van der Waals surface area contributed by atoms with Crippen molar-refractivity contribution in [3.8, 4) is 0 Å². The van der Waals surface area contributed by atoms with Gasteiger partial charge in [-0.15, -0.1) is 0 Å². The normalized spacial score (nSPS) is 9.94. The standard InChI is InChI=1S/C21H23N3O8/c1-22-20(28)23-16-6-2-14(3-7-16)18(26)30-12-13-31-19(27)15-4-8-17(9-5-15)24-21(29)32-11-10-25/h2-9,25H,10-13H2,1H3,(H,24,29)(H2,22,23,28). The molecule has 170 valence electrons. The summed E-state index contributed by atoms with van der Waals surface area (Å²) in [6.45, 7) is -0.690. The second kappa shape index (κ2) is 12.5. The molecule has 3 amide bonds. The van der Waals surface area contributed by atoms with E-state index in [0.29, 0.717) is 11.4 Å². The smallest absolute Gasteiger partial charge is 0.411 e. The summed E-state index contributed by atoms with van der Waals surface area (Å²) in [6, 6.07) is 11.6. The van der Waals surface area contributed by atoms with Gasteiger partial charge in [0.25, 0.3) is 0 Å². The van der Waals surface area contributed by atoms with Crippen LogP contribution in [0.3, 0.4) is 0 Å². The fourth-order valence-corrected chi connectivity index (χ4v) is 2.30. The molecule has 0 saturated carbocycles. The molecule has 2 aromatic rings. The number of aliphatic hydroxyl groups excluding tert-OH is 1. The van der Waals surface area contributed by atoms with Crippen LogP contribution in [0.15, 0.2) is 48.5 Å². The molecule has 0 unspecified atom stereocenters. The Kier molecular flexibility index (Phi) is 9.47. The molecule has 0 aliphatic heterocycles. The number of aliphatic hydroxyl groups is 1. The molecule has 2 aromatic carbocycles. The number of anilines is 2. The van der Waals surface area contributed by atoms with E-state index >= 15 is 0 Å². The second-order valence-electron chi connectivity index (χ2n) is 6.12. The monoisotopic (exact) mass is 445 g/mol. The van der Waals surface area contributed by atoms with E-state index in [9.17, 15) is 19.2 Å². The molecule has 0 saturated heterocycles. The largest absolute Gasteiger partial charge is 0.458 e. The summed E-state index contributed by atoms with van der Waals surface area (Å²) in [5.41, 5.74) is 1.43. The molecule has 0 atom stereocenters. The minimum atomic E-state index is -0.728. The maximum Gasteiger partial charge on any atom is 0.411 e. The Morgan fingerprint density at radius 1 is 0.719 bits per heavy atom.